The van der Waals surface area contributed by atoms with Crippen molar-refractivity contribution in [2.45, 2.75) is 58.8 Å². The van der Waals surface area contributed by atoms with E-state index in [-0.39, 0.29) is 12.5 Å². The first-order valence-corrected chi connectivity index (χ1v) is 16.1. The van der Waals surface area contributed by atoms with Gasteiger partial charge >= 0.3 is 0 Å². The van der Waals surface area contributed by atoms with Gasteiger partial charge in [0.1, 0.15) is 6.33 Å². The SMILES string of the molecule is CCCCCCCCS(=O)(=O)N1CC[N+](CCc2ccc3c(c2)OCO3)(c2cc(C)nc(-n3ccnc3)n2)CC1. The average molecular weight is 570 g/mol. The third-order valence-electron chi connectivity index (χ3n) is 8.02. The number of unbranched alkanes of at least 4 members (excludes halogenated alkanes) is 5. The number of piperazine rings is 1. The van der Waals surface area contributed by atoms with Crippen molar-refractivity contribution >= 4 is 15.8 Å². The third-order valence-corrected chi connectivity index (χ3v) is 9.98. The highest BCUT2D eigenvalue weighted by Gasteiger charge is 2.40. The molecule has 2 aliphatic heterocycles. The second kappa shape index (κ2) is 12.7. The fourth-order valence-electron chi connectivity index (χ4n) is 5.58. The van der Waals surface area contributed by atoms with Crippen LogP contribution in [0.15, 0.2) is 43.0 Å². The second-order valence-electron chi connectivity index (χ2n) is 10.9. The quantitative estimate of drug-likeness (QED) is 0.224. The molecular formula is C29H41N6O4S+. The van der Waals surface area contributed by atoms with Crippen LogP contribution in [0.1, 0.15) is 56.7 Å². The van der Waals surface area contributed by atoms with Crippen molar-refractivity contribution in [2.24, 2.45) is 0 Å². The van der Waals surface area contributed by atoms with Gasteiger partial charge in [-0.1, -0.05) is 45.1 Å². The van der Waals surface area contributed by atoms with Crippen molar-refractivity contribution in [3.05, 3.63) is 54.2 Å². The molecule has 0 bridgehead atoms. The van der Waals surface area contributed by atoms with Crippen LogP contribution in [-0.2, 0) is 16.4 Å². The number of nitrogens with zero attached hydrogens (tertiary/aromatic N) is 6. The highest BCUT2D eigenvalue weighted by atomic mass is 32.2. The third kappa shape index (κ3) is 6.64. The molecule has 10 nitrogen and oxygen atoms in total. The van der Waals surface area contributed by atoms with E-state index < -0.39 is 10.0 Å². The smallest absolute Gasteiger partial charge is 0.240 e. The maximum absolute atomic E-state index is 13.2. The molecule has 4 heterocycles. The lowest BCUT2D eigenvalue weighted by atomic mass is 10.1. The van der Waals surface area contributed by atoms with E-state index in [1.54, 1.807) is 16.8 Å². The molecule has 2 aromatic heterocycles. The number of hydrogen-bond acceptors (Lipinski definition) is 7. The van der Waals surface area contributed by atoms with Gasteiger partial charge in [-0.15, -0.1) is 0 Å². The van der Waals surface area contributed by atoms with Crippen LogP contribution >= 0.6 is 0 Å². The Hall–Kier alpha value is -3.02. The molecule has 0 N–H and O–H groups in total. The van der Waals surface area contributed by atoms with E-state index in [2.05, 4.69) is 23.0 Å². The summed E-state index contributed by atoms with van der Waals surface area (Å²) in [6.45, 7) is 7.45. The number of benzene rings is 1. The number of imidazole rings is 1. The summed E-state index contributed by atoms with van der Waals surface area (Å²) in [7, 11) is -3.29. The molecule has 0 aliphatic carbocycles. The number of hydrogen-bond donors (Lipinski definition) is 0. The van der Waals surface area contributed by atoms with Gasteiger partial charge in [-0.2, -0.15) is 9.29 Å². The first kappa shape index (κ1) is 28.5. The maximum atomic E-state index is 13.2. The minimum Gasteiger partial charge on any atom is -0.454 e. The van der Waals surface area contributed by atoms with Crippen LogP contribution < -0.4 is 14.0 Å². The Morgan fingerprint density at radius 3 is 2.52 bits per heavy atom. The van der Waals surface area contributed by atoms with Crippen LogP contribution in [0, 0.1) is 6.92 Å². The zero-order chi connectivity index (χ0) is 28.0. The van der Waals surface area contributed by atoms with Crippen molar-refractivity contribution in [1.29, 1.82) is 0 Å². The maximum Gasteiger partial charge on any atom is 0.240 e. The average Bonchev–Trinajstić information content (AvgIpc) is 3.66. The molecule has 0 amide bonds. The minimum absolute atomic E-state index is 0.230. The number of rotatable bonds is 13. The van der Waals surface area contributed by atoms with Crippen molar-refractivity contribution in [3.63, 3.8) is 0 Å². The fourth-order valence-corrected chi connectivity index (χ4v) is 7.13. The summed E-state index contributed by atoms with van der Waals surface area (Å²) in [6.07, 6.45) is 12.4. The van der Waals surface area contributed by atoms with E-state index in [0.717, 1.165) is 60.8 Å². The predicted octanol–water partition coefficient (Wildman–Crippen LogP) is 4.26. The molecule has 0 atom stereocenters. The zero-order valence-corrected chi connectivity index (χ0v) is 24.5. The Kier molecular flexibility index (Phi) is 9.02. The Balaban J connectivity index is 1.33. The molecule has 5 rings (SSSR count). The van der Waals surface area contributed by atoms with Gasteiger partial charge in [-0.3, -0.25) is 9.05 Å². The Labute approximate surface area is 237 Å². The van der Waals surface area contributed by atoms with Crippen LogP contribution in [0.5, 0.6) is 11.5 Å². The molecule has 2 aliphatic rings. The standard InChI is InChI=1S/C29H41N6O4S/c1-3-4-5-6-7-8-19-40(36,37)34-14-17-35(18-15-34,16-11-25-9-10-26-27(21-25)39-23-38-26)28-20-24(2)31-29(32-28)33-13-12-30-22-33/h9-10,12-13,20-22H,3-8,11,14-19,23H2,1-2H3/q+1. The van der Waals surface area contributed by atoms with Gasteiger partial charge in [-0.05, 0) is 31.0 Å². The Bertz CT molecular complexity index is 1370. The van der Waals surface area contributed by atoms with E-state index >= 15 is 0 Å². The minimum atomic E-state index is -3.29. The molecule has 0 saturated carbocycles. The first-order valence-electron chi connectivity index (χ1n) is 14.5. The summed E-state index contributed by atoms with van der Waals surface area (Å²) >= 11 is 0. The van der Waals surface area contributed by atoms with Gasteiger partial charge < -0.3 is 9.47 Å². The van der Waals surface area contributed by atoms with Crippen molar-refractivity contribution in [3.8, 4) is 17.4 Å². The zero-order valence-electron chi connectivity index (χ0n) is 23.7. The van der Waals surface area contributed by atoms with E-state index in [9.17, 15) is 8.42 Å². The summed E-state index contributed by atoms with van der Waals surface area (Å²) in [5.41, 5.74) is 2.02. The van der Waals surface area contributed by atoms with Crippen LogP contribution in [0.4, 0.5) is 5.82 Å². The molecule has 1 saturated heterocycles. The lowest BCUT2D eigenvalue weighted by Gasteiger charge is -2.43. The number of ether oxygens (including phenoxy) is 2. The summed E-state index contributed by atoms with van der Waals surface area (Å²) in [4.78, 5) is 13.8. The number of sulfonamides is 1. The molecule has 0 radical (unpaired) electrons. The number of quaternary nitrogens is 1. The summed E-state index contributed by atoms with van der Waals surface area (Å²) in [5, 5.41) is 0. The Morgan fingerprint density at radius 1 is 0.975 bits per heavy atom. The fraction of sp³-hybridized carbons (Fsp3) is 0.552. The van der Waals surface area contributed by atoms with Gasteiger partial charge in [0.2, 0.25) is 28.6 Å². The predicted molar refractivity (Wildman–Crippen MR) is 155 cm³/mol. The summed E-state index contributed by atoms with van der Waals surface area (Å²) < 4.78 is 41.6. The molecule has 3 aromatic rings. The van der Waals surface area contributed by atoms with Crippen LogP contribution in [0.3, 0.4) is 0 Å². The van der Waals surface area contributed by atoms with Crippen LogP contribution in [0.2, 0.25) is 0 Å². The molecule has 216 valence electrons. The van der Waals surface area contributed by atoms with Gasteiger partial charge in [0.05, 0.1) is 38.5 Å². The lowest BCUT2D eigenvalue weighted by molar-refractivity contribution is 0.174. The first-order chi connectivity index (χ1) is 19.4. The van der Waals surface area contributed by atoms with E-state index in [1.807, 2.05) is 35.9 Å². The molecular weight excluding hydrogens is 528 g/mol. The monoisotopic (exact) mass is 569 g/mol. The highest BCUT2D eigenvalue weighted by Crippen LogP contribution is 2.33. The van der Waals surface area contributed by atoms with Crippen LogP contribution in [-0.4, -0.2) is 77.5 Å². The van der Waals surface area contributed by atoms with E-state index in [4.69, 9.17) is 14.5 Å². The van der Waals surface area contributed by atoms with Gasteiger partial charge in [-0.25, -0.2) is 18.4 Å². The highest BCUT2D eigenvalue weighted by molar-refractivity contribution is 7.89. The van der Waals surface area contributed by atoms with E-state index in [0.29, 0.717) is 36.6 Å². The van der Waals surface area contributed by atoms with Crippen molar-refractivity contribution < 1.29 is 17.9 Å². The number of aryl methyl sites for hydroxylation is 1. The normalized spacial score (nSPS) is 16.9. The molecule has 1 fully saturated rings. The topological polar surface area (TPSA) is 99.4 Å². The lowest BCUT2D eigenvalue weighted by Crippen LogP contribution is -2.63. The molecule has 11 heteroatoms. The van der Waals surface area contributed by atoms with Crippen molar-refractivity contribution in [1.82, 2.24) is 28.3 Å². The Morgan fingerprint density at radius 2 is 1.75 bits per heavy atom. The largest absolute Gasteiger partial charge is 0.454 e. The number of aromatic nitrogens is 4. The molecule has 40 heavy (non-hydrogen) atoms. The van der Waals surface area contributed by atoms with Gasteiger partial charge in [0.25, 0.3) is 0 Å². The van der Waals surface area contributed by atoms with Crippen LogP contribution in [0.25, 0.3) is 5.95 Å². The second-order valence-corrected chi connectivity index (χ2v) is 13.0. The molecule has 0 spiro atoms. The molecule has 1 aromatic carbocycles. The number of fused-ring (bicyclic) bond motifs is 1. The van der Waals surface area contributed by atoms with Gasteiger partial charge in [0, 0.05) is 30.6 Å². The molecule has 0 unspecified atom stereocenters. The summed E-state index contributed by atoms with van der Waals surface area (Å²) in [5.74, 6) is 3.26. The van der Waals surface area contributed by atoms with Gasteiger partial charge in [0.15, 0.2) is 11.5 Å². The van der Waals surface area contributed by atoms with E-state index in [1.165, 1.54) is 19.3 Å². The summed E-state index contributed by atoms with van der Waals surface area (Å²) in [6, 6.07) is 8.12. The van der Waals surface area contributed by atoms with Crippen molar-refractivity contribution in [2.75, 3.05) is 45.3 Å².